The van der Waals surface area contributed by atoms with E-state index in [1.807, 2.05) is 13.0 Å². The minimum absolute atomic E-state index is 0.551. The second-order valence-electron chi connectivity index (χ2n) is 4.56. The maximum atomic E-state index is 6.27. The Morgan fingerprint density at radius 2 is 1.95 bits per heavy atom. The maximum Gasteiger partial charge on any atom is 0.163 e. The molecule has 2 rings (SSSR count). The molecule has 1 heterocycles. The van der Waals surface area contributed by atoms with E-state index in [4.69, 9.17) is 23.2 Å². The zero-order valence-corrected chi connectivity index (χ0v) is 15.0. The second kappa shape index (κ2) is 7.43. The zero-order valence-electron chi connectivity index (χ0n) is 11.9. The lowest BCUT2D eigenvalue weighted by atomic mass is 10.2. The van der Waals surface area contributed by atoms with Crippen LogP contribution in [0.5, 0.6) is 0 Å². The third kappa shape index (κ3) is 3.87. The molecule has 1 aromatic carbocycles. The standard InChI is InChI=1S/C15H16BrCl2N3/c1-3-5-12-13(16)15(19-4-2)21-14(20-12)10-7-6-9(17)8-11(10)18/h6-8H,3-5H2,1-2H3,(H,19,20,21). The number of aryl methyl sites for hydroxylation is 1. The molecule has 0 aliphatic rings. The summed E-state index contributed by atoms with van der Waals surface area (Å²) in [6, 6.07) is 5.34. The lowest BCUT2D eigenvalue weighted by Crippen LogP contribution is -2.06. The number of nitrogens with zero attached hydrogens (tertiary/aromatic N) is 2. The van der Waals surface area contributed by atoms with Gasteiger partial charge in [0.1, 0.15) is 5.82 Å². The van der Waals surface area contributed by atoms with Gasteiger partial charge in [-0.3, -0.25) is 0 Å². The Bertz CT molecular complexity index is 620. The molecule has 2 aromatic rings. The van der Waals surface area contributed by atoms with Crippen LogP contribution in [0, 0.1) is 0 Å². The summed E-state index contributed by atoms with van der Waals surface area (Å²) in [4.78, 5) is 9.21. The van der Waals surface area contributed by atoms with Crippen LogP contribution in [0.15, 0.2) is 22.7 Å². The van der Waals surface area contributed by atoms with Crippen molar-refractivity contribution in [1.29, 1.82) is 0 Å². The summed E-state index contributed by atoms with van der Waals surface area (Å²) in [5.41, 5.74) is 1.76. The van der Waals surface area contributed by atoms with Gasteiger partial charge >= 0.3 is 0 Å². The van der Waals surface area contributed by atoms with Gasteiger partial charge in [-0.25, -0.2) is 9.97 Å². The molecule has 0 amide bonds. The molecule has 0 spiro atoms. The number of benzene rings is 1. The largest absolute Gasteiger partial charge is 0.369 e. The molecule has 1 N–H and O–H groups in total. The first kappa shape index (κ1) is 16.5. The van der Waals surface area contributed by atoms with Gasteiger partial charge in [0.25, 0.3) is 0 Å². The highest BCUT2D eigenvalue weighted by atomic mass is 79.9. The highest BCUT2D eigenvalue weighted by Crippen LogP contribution is 2.32. The van der Waals surface area contributed by atoms with Gasteiger partial charge < -0.3 is 5.32 Å². The van der Waals surface area contributed by atoms with Crippen molar-refractivity contribution in [3.63, 3.8) is 0 Å². The molecule has 0 aliphatic heterocycles. The average molecular weight is 389 g/mol. The Kier molecular flexibility index (Phi) is 5.85. The van der Waals surface area contributed by atoms with Crippen LogP contribution >= 0.6 is 39.1 Å². The van der Waals surface area contributed by atoms with E-state index in [1.165, 1.54) is 0 Å². The maximum absolute atomic E-state index is 6.27. The van der Waals surface area contributed by atoms with E-state index in [0.29, 0.717) is 15.9 Å². The lowest BCUT2D eigenvalue weighted by Gasteiger charge is -2.12. The molecule has 0 fully saturated rings. The van der Waals surface area contributed by atoms with Crippen LogP contribution in [0.3, 0.4) is 0 Å². The van der Waals surface area contributed by atoms with Gasteiger partial charge in [0.05, 0.1) is 15.2 Å². The number of halogens is 3. The van der Waals surface area contributed by atoms with Crippen molar-refractivity contribution in [1.82, 2.24) is 9.97 Å². The monoisotopic (exact) mass is 387 g/mol. The minimum atomic E-state index is 0.551. The van der Waals surface area contributed by atoms with Crippen molar-refractivity contribution in [2.75, 3.05) is 11.9 Å². The predicted octanol–water partition coefficient (Wildman–Crippen LogP) is 5.60. The molecule has 0 atom stereocenters. The molecule has 3 nitrogen and oxygen atoms in total. The van der Waals surface area contributed by atoms with E-state index in [9.17, 15) is 0 Å². The van der Waals surface area contributed by atoms with E-state index in [0.717, 1.165) is 40.9 Å². The Hall–Kier alpha value is -0.840. The van der Waals surface area contributed by atoms with Crippen LogP contribution in [0.2, 0.25) is 10.0 Å². The van der Waals surface area contributed by atoms with E-state index in [1.54, 1.807) is 12.1 Å². The molecule has 0 bridgehead atoms. The first-order valence-corrected chi connectivity index (χ1v) is 8.37. The zero-order chi connectivity index (χ0) is 15.4. The first-order valence-electron chi connectivity index (χ1n) is 6.82. The Morgan fingerprint density at radius 1 is 1.19 bits per heavy atom. The molecule has 21 heavy (non-hydrogen) atoms. The van der Waals surface area contributed by atoms with Crippen LogP contribution in [-0.2, 0) is 6.42 Å². The smallest absolute Gasteiger partial charge is 0.163 e. The Balaban J connectivity index is 2.56. The van der Waals surface area contributed by atoms with E-state index in [2.05, 4.69) is 38.1 Å². The van der Waals surface area contributed by atoms with Crippen molar-refractivity contribution >= 4 is 44.9 Å². The van der Waals surface area contributed by atoms with Gasteiger partial charge in [-0.05, 0) is 47.5 Å². The summed E-state index contributed by atoms with van der Waals surface area (Å²) >= 11 is 15.8. The molecule has 112 valence electrons. The van der Waals surface area contributed by atoms with Gasteiger partial charge in [-0.15, -0.1) is 0 Å². The molecule has 0 saturated heterocycles. The molecule has 6 heteroatoms. The molecule has 1 aromatic heterocycles. The summed E-state index contributed by atoms with van der Waals surface area (Å²) in [5.74, 6) is 1.40. The quantitative estimate of drug-likeness (QED) is 0.724. The van der Waals surface area contributed by atoms with Crippen LogP contribution in [0.1, 0.15) is 26.0 Å². The molecular formula is C15H16BrCl2N3. The minimum Gasteiger partial charge on any atom is -0.369 e. The van der Waals surface area contributed by atoms with Crippen molar-refractivity contribution in [2.24, 2.45) is 0 Å². The SMILES string of the molecule is CCCc1nc(-c2ccc(Cl)cc2Cl)nc(NCC)c1Br. The van der Waals surface area contributed by atoms with Gasteiger partial charge in [-0.2, -0.15) is 0 Å². The number of aromatic nitrogens is 2. The summed E-state index contributed by atoms with van der Waals surface area (Å²) in [7, 11) is 0. The third-order valence-corrected chi connectivity index (χ3v) is 4.30. The normalized spacial score (nSPS) is 10.7. The van der Waals surface area contributed by atoms with Crippen molar-refractivity contribution in [3.8, 4) is 11.4 Å². The fraction of sp³-hybridized carbons (Fsp3) is 0.333. The number of rotatable bonds is 5. The first-order chi connectivity index (χ1) is 10.1. The van der Waals surface area contributed by atoms with E-state index >= 15 is 0 Å². The van der Waals surface area contributed by atoms with Crippen LogP contribution in [-0.4, -0.2) is 16.5 Å². The third-order valence-electron chi connectivity index (χ3n) is 2.92. The number of hydrogen-bond acceptors (Lipinski definition) is 3. The van der Waals surface area contributed by atoms with Gasteiger partial charge in [0.15, 0.2) is 5.82 Å². The Morgan fingerprint density at radius 3 is 2.57 bits per heavy atom. The fourth-order valence-corrected chi connectivity index (χ4v) is 2.98. The molecular weight excluding hydrogens is 373 g/mol. The molecule has 0 unspecified atom stereocenters. The molecule has 0 radical (unpaired) electrons. The average Bonchev–Trinajstić information content (AvgIpc) is 2.43. The fourth-order valence-electron chi connectivity index (χ4n) is 1.97. The second-order valence-corrected chi connectivity index (χ2v) is 6.20. The summed E-state index contributed by atoms with van der Waals surface area (Å²) in [5, 5.41) is 4.40. The lowest BCUT2D eigenvalue weighted by molar-refractivity contribution is 0.867. The topological polar surface area (TPSA) is 37.8 Å². The predicted molar refractivity (Wildman–Crippen MR) is 93.3 cm³/mol. The molecule has 0 saturated carbocycles. The van der Waals surface area contributed by atoms with Gasteiger partial charge in [0.2, 0.25) is 0 Å². The number of nitrogens with one attached hydrogen (secondary N) is 1. The van der Waals surface area contributed by atoms with Crippen LogP contribution < -0.4 is 5.32 Å². The Labute approximate surface area is 143 Å². The van der Waals surface area contributed by atoms with Gasteiger partial charge in [-0.1, -0.05) is 36.5 Å². The van der Waals surface area contributed by atoms with Gasteiger partial charge in [0, 0.05) is 17.1 Å². The van der Waals surface area contributed by atoms with Crippen molar-refractivity contribution < 1.29 is 0 Å². The van der Waals surface area contributed by atoms with Crippen LogP contribution in [0.4, 0.5) is 5.82 Å². The summed E-state index contributed by atoms with van der Waals surface area (Å²) in [6.45, 7) is 4.94. The van der Waals surface area contributed by atoms with Crippen LogP contribution in [0.25, 0.3) is 11.4 Å². The summed E-state index contributed by atoms with van der Waals surface area (Å²) < 4.78 is 0.917. The van der Waals surface area contributed by atoms with Crippen molar-refractivity contribution in [3.05, 3.63) is 38.4 Å². The highest BCUT2D eigenvalue weighted by Gasteiger charge is 2.14. The highest BCUT2D eigenvalue weighted by molar-refractivity contribution is 9.10. The van der Waals surface area contributed by atoms with E-state index in [-0.39, 0.29) is 0 Å². The number of anilines is 1. The number of hydrogen-bond donors (Lipinski definition) is 1. The van der Waals surface area contributed by atoms with E-state index < -0.39 is 0 Å². The van der Waals surface area contributed by atoms with Crippen molar-refractivity contribution in [2.45, 2.75) is 26.7 Å². The summed E-state index contributed by atoms with van der Waals surface area (Å²) in [6.07, 6.45) is 1.88. The molecule has 0 aliphatic carbocycles.